The first-order chi connectivity index (χ1) is 8.24. The van der Waals surface area contributed by atoms with Crippen molar-refractivity contribution in [1.82, 2.24) is 9.62 Å². The number of rotatable bonds is 5. The monoisotopic (exact) mass is 288 g/mol. The summed E-state index contributed by atoms with van der Waals surface area (Å²) in [5.74, 6) is -0.420. The van der Waals surface area contributed by atoms with E-state index in [9.17, 15) is 21.6 Å². The molecule has 0 saturated carbocycles. The van der Waals surface area contributed by atoms with Crippen LogP contribution in [0.2, 0.25) is 0 Å². The van der Waals surface area contributed by atoms with Crippen LogP contribution in [0.5, 0.6) is 0 Å². The molecule has 0 spiro atoms. The van der Waals surface area contributed by atoms with E-state index in [2.05, 4.69) is 5.32 Å². The molecule has 18 heavy (non-hydrogen) atoms. The van der Waals surface area contributed by atoms with Gasteiger partial charge in [-0.05, 0) is 26.3 Å². The SMILES string of the molecule is CNC1CCN(S(=O)(=O)CCCC(F)(F)F)CC1. The van der Waals surface area contributed by atoms with Crippen LogP contribution in [0.4, 0.5) is 13.2 Å². The Morgan fingerprint density at radius 3 is 2.28 bits per heavy atom. The Morgan fingerprint density at radius 1 is 1.28 bits per heavy atom. The van der Waals surface area contributed by atoms with Gasteiger partial charge in [0.1, 0.15) is 0 Å². The van der Waals surface area contributed by atoms with Crippen LogP contribution >= 0.6 is 0 Å². The van der Waals surface area contributed by atoms with E-state index in [0.29, 0.717) is 32.0 Å². The maximum atomic E-state index is 12.0. The fourth-order valence-corrected chi connectivity index (χ4v) is 3.54. The third kappa shape index (κ3) is 5.11. The first kappa shape index (κ1) is 15.7. The highest BCUT2D eigenvalue weighted by molar-refractivity contribution is 7.89. The van der Waals surface area contributed by atoms with Gasteiger partial charge in [-0.25, -0.2) is 12.7 Å². The van der Waals surface area contributed by atoms with Crippen molar-refractivity contribution in [2.24, 2.45) is 0 Å². The van der Waals surface area contributed by atoms with Gasteiger partial charge in [0.2, 0.25) is 10.0 Å². The molecule has 0 aromatic rings. The van der Waals surface area contributed by atoms with Crippen molar-refractivity contribution < 1.29 is 21.6 Å². The second kappa shape index (κ2) is 6.21. The minimum Gasteiger partial charge on any atom is -0.317 e. The van der Waals surface area contributed by atoms with Crippen LogP contribution in [0.15, 0.2) is 0 Å². The fraction of sp³-hybridized carbons (Fsp3) is 1.00. The van der Waals surface area contributed by atoms with Gasteiger partial charge < -0.3 is 5.32 Å². The Bertz CT molecular complexity index is 349. The molecule has 0 radical (unpaired) electrons. The van der Waals surface area contributed by atoms with Crippen molar-refractivity contribution in [1.29, 1.82) is 0 Å². The van der Waals surface area contributed by atoms with Crippen LogP contribution < -0.4 is 5.32 Å². The second-order valence-corrected chi connectivity index (χ2v) is 6.59. The fourth-order valence-electron chi connectivity index (χ4n) is 2.01. The Morgan fingerprint density at radius 2 is 1.83 bits per heavy atom. The number of piperidine rings is 1. The van der Waals surface area contributed by atoms with E-state index >= 15 is 0 Å². The molecule has 1 aliphatic rings. The zero-order chi connectivity index (χ0) is 13.8. The number of halogens is 3. The van der Waals surface area contributed by atoms with Gasteiger partial charge in [0.15, 0.2) is 0 Å². The molecule has 1 heterocycles. The molecule has 108 valence electrons. The molecule has 0 aromatic heterocycles. The van der Waals surface area contributed by atoms with Crippen molar-refractivity contribution in [3.8, 4) is 0 Å². The maximum Gasteiger partial charge on any atom is 0.389 e. The number of hydrogen-bond donors (Lipinski definition) is 1. The van der Waals surface area contributed by atoms with E-state index in [1.165, 1.54) is 4.31 Å². The third-order valence-corrected chi connectivity index (χ3v) is 5.07. The minimum atomic E-state index is -4.28. The summed E-state index contributed by atoms with van der Waals surface area (Å²) in [5, 5.41) is 3.07. The number of alkyl halides is 3. The molecule has 0 unspecified atom stereocenters. The summed E-state index contributed by atoms with van der Waals surface area (Å²) in [6.07, 6.45) is -4.28. The lowest BCUT2D eigenvalue weighted by Gasteiger charge is -2.31. The Labute approximate surface area is 106 Å². The molecule has 8 heteroatoms. The lowest BCUT2D eigenvalue weighted by Crippen LogP contribution is -2.44. The van der Waals surface area contributed by atoms with Crippen LogP contribution in [-0.2, 0) is 10.0 Å². The zero-order valence-corrected chi connectivity index (χ0v) is 11.1. The predicted molar refractivity (Wildman–Crippen MR) is 62.7 cm³/mol. The second-order valence-electron chi connectivity index (χ2n) is 4.50. The average molecular weight is 288 g/mol. The molecule has 4 nitrogen and oxygen atoms in total. The molecule has 1 N–H and O–H groups in total. The number of sulfonamides is 1. The van der Waals surface area contributed by atoms with Crippen LogP contribution in [0.3, 0.4) is 0 Å². The van der Waals surface area contributed by atoms with Crippen molar-refractivity contribution >= 4 is 10.0 Å². The summed E-state index contributed by atoms with van der Waals surface area (Å²) >= 11 is 0. The highest BCUT2D eigenvalue weighted by Gasteiger charge is 2.30. The van der Waals surface area contributed by atoms with Gasteiger partial charge in [-0.15, -0.1) is 0 Å². The van der Waals surface area contributed by atoms with Gasteiger partial charge in [0.25, 0.3) is 0 Å². The van der Waals surface area contributed by atoms with Gasteiger partial charge in [-0.2, -0.15) is 13.2 Å². The Hall–Kier alpha value is -0.340. The van der Waals surface area contributed by atoms with Gasteiger partial charge in [0, 0.05) is 25.6 Å². The average Bonchev–Trinajstić information content (AvgIpc) is 2.27. The summed E-state index contributed by atoms with van der Waals surface area (Å²) in [6.45, 7) is 0.777. The van der Waals surface area contributed by atoms with E-state index in [4.69, 9.17) is 0 Å². The molecule has 0 aromatic carbocycles. The van der Waals surface area contributed by atoms with Gasteiger partial charge >= 0.3 is 6.18 Å². The van der Waals surface area contributed by atoms with Crippen molar-refractivity contribution in [3.05, 3.63) is 0 Å². The molecular formula is C10H19F3N2O2S. The molecule has 1 saturated heterocycles. The normalized spacial score (nSPS) is 20.2. The molecule has 0 amide bonds. The number of nitrogens with zero attached hydrogens (tertiary/aromatic N) is 1. The van der Waals surface area contributed by atoms with Gasteiger partial charge in [-0.3, -0.25) is 0 Å². The van der Waals surface area contributed by atoms with E-state index in [-0.39, 0.29) is 6.42 Å². The van der Waals surface area contributed by atoms with Crippen LogP contribution in [0, 0.1) is 0 Å². The largest absolute Gasteiger partial charge is 0.389 e. The summed E-state index contributed by atoms with van der Waals surface area (Å²) in [6, 6.07) is 0.298. The number of hydrogen-bond acceptors (Lipinski definition) is 3. The molecule has 1 rings (SSSR count). The Kier molecular flexibility index (Phi) is 5.42. The van der Waals surface area contributed by atoms with Crippen LogP contribution in [-0.4, -0.2) is 50.8 Å². The summed E-state index contributed by atoms with van der Waals surface area (Å²) in [7, 11) is -1.71. The lowest BCUT2D eigenvalue weighted by molar-refractivity contribution is -0.134. The molecule has 0 aliphatic carbocycles. The topological polar surface area (TPSA) is 49.4 Å². The lowest BCUT2D eigenvalue weighted by atomic mass is 10.1. The number of nitrogens with one attached hydrogen (secondary N) is 1. The first-order valence-electron chi connectivity index (χ1n) is 5.96. The van der Waals surface area contributed by atoms with Crippen molar-refractivity contribution in [3.63, 3.8) is 0 Å². The van der Waals surface area contributed by atoms with E-state index in [0.717, 1.165) is 0 Å². The molecule has 1 aliphatic heterocycles. The standard InChI is InChI=1S/C10H19F3N2O2S/c1-14-9-3-6-15(7-4-9)18(16,17)8-2-5-10(11,12)13/h9,14H,2-8H2,1H3. The van der Waals surface area contributed by atoms with E-state index in [1.54, 1.807) is 0 Å². The summed E-state index contributed by atoms with van der Waals surface area (Å²) in [5.41, 5.74) is 0. The highest BCUT2D eigenvalue weighted by atomic mass is 32.2. The summed E-state index contributed by atoms with van der Waals surface area (Å²) < 4.78 is 60.8. The van der Waals surface area contributed by atoms with Crippen molar-refractivity contribution in [2.45, 2.75) is 37.9 Å². The third-order valence-electron chi connectivity index (χ3n) is 3.12. The molecular weight excluding hydrogens is 269 g/mol. The van der Waals surface area contributed by atoms with Crippen molar-refractivity contribution in [2.75, 3.05) is 25.9 Å². The quantitative estimate of drug-likeness (QED) is 0.830. The summed E-state index contributed by atoms with van der Waals surface area (Å²) in [4.78, 5) is 0. The molecule has 0 atom stereocenters. The van der Waals surface area contributed by atoms with E-state index < -0.39 is 28.4 Å². The highest BCUT2D eigenvalue weighted by Crippen LogP contribution is 2.22. The van der Waals surface area contributed by atoms with Gasteiger partial charge in [0.05, 0.1) is 5.75 Å². The minimum absolute atomic E-state index is 0.298. The molecule has 1 fully saturated rings. The van der Waals surface area contributed by atoms with Gasteiger partial charge in [-0.1, -0.05) is 0 Å². The zero-order valence-electron chi connectivity index (χ0n) is 10.3. The first-order valence-corrected chi connectivity index (χ1v) is 7.57. The van der Waals surface area contributed by atoms with E-state index in [1.807, 2.05) is 7.05 Å². The smallest absolute Gasteiger partial charge is 0.317 e. The van der Waals surface area contributed by atoms with Crippen LogP contribution in [0.25, 0.3) is 0 Å². The predicted octanol–water partition coefficient (Wildman–Crippen LogP) is 1.34. The Balaban J connectivity index is 2.40. The molecule has 0 bridgehead atoms. The van der Waals surface area contributed by atoms with Crippen LogP contribution in [0.1, 0.15) is 25.7 Å². The maximum absolute atomic E-state index is 12.0.